The minimum absolute atomic E-state index is 0. The van der Waals surface area contributed by atoms with Gasteiger partial charge in [-0.05, 0) is 25.0 Å². The average molecular weight is 326 g/mol. The monoisotopic (exact) mass is 326 g/mol. The Balaban J connectivity index is 0.000000324. The fraction of sp³-hybridized carbons (Fsp3) is 0.667. The molecular weight excluding hydrogens is 313 g/mol. The van der Waals surface area contributed by atoms with Crippen LogP contribution in [0.15, 0.2) is 12.4 Å². The van der Waals surface area contributed by atoms with Gasteiger partial charge in [-0.15, -0.1) is 5.10 Å². The molecule has 3 heterocycles. The van der Waals surface area contributed by atoms with Crippen LogP contribution < -0.4 is 29.6 Å². The molecule has 2 aliphatic heterocycles. The molecule has 2 atom stereocenters. The summed E-state index contributed by atoms with van der Waals surface area (Å²) in [6, 6.07) is 0.425. The predicted octanol–water partition coefficient (Wildman–Crippen LogP) is -3.37. The molecule has 2 bridgehead atoms. The number of amides is 2. The van der Waals surface area contributed by atoms with E-state index in [1.54, 1.807) is 10.9 Å². The van der Waals surface area contributed by atoms with Crippen LogP contribution in [-0.2, 0) is 16.9 Å². The molecular formula is C9H13N5NaO5S-. The molecule has 112 valence electrons. The molecule has 0 spiro atoms. The Morgan fingerprint density at radius 1 is 1.48 bits per heavy atom. The van der Waals surface area contributed by atoms with Crippen LogP contribution in [-0.4, -0.2) is 62.1 Å². The second kappa shape index (κ2) is 7.51. The van der Waals surface area contributed by atoms with Gasteiger partial charge in [0.1, 0.15) is 0 Å². The fourth-order valence-electron chi connectivity index (χ4n) is 2.31. The van der Waals surface area contributed by atoms with E-state index in [4.69, 9.17) is 17.5 Å². The third-order valence-corrected chi connectivity index (χ3v) is 3.09. The van der Waals surface area contributed by atoms with Gasteiger partial charge in [0.2, 0.25) is 10.4 Å². The summed E-state index contributed by atoms with van der Waals surface area (Å²) in [5.74, 6) is 0. The molecule has 0 aliphatic carbocycles. The van der Waals surface area contributed by atoms with Gasteiger partial charge in [0.25, 0.3) is 0 Å². The Morgan fingerprint density at radius 3 is 2.71 bits per heavy atom. The van der Waals surface area contributed by atoms with Crippen molar-refractivity contribution in [3.8, 4) is 0 Å². The van der Waals surface area contributed by atoms with E-state index in [2.05, 4.69) is 15.6 Å². The zero-order valence-corrected chi connectivity index (χ0v) is 14.2. The maximum atomic E-state index is 11.5. The van der Waals surface area contributed by atoms with Gasteiger partial charge in [-0.2, -0.15) is 0 Å². The largest absolute Gasteiger partial charge is 1.00 e. The maximum absolute atomic E-state index is 11.5. The number of nitrogens with zero attached hydrogens (tertiary/aromatic N) is 5. The van der Waals surface area contributed by atoms with E-state index in [0.29, 0.717) is 0 Å². The first-order valence-electron chi connectivity index (χ1n) is 5.87. The quantitative estimate of drug-likeness (QED) is 0.339. The summed E-state index contributed by atoms with van der Waals surface area (Å²) < 4.78 is 34.6. The molecule has 0 saturated carbocycles. The van der Waals surface area contributed by atoms with E-state index >= 15 is 0 Å². The molecule has 21 heavy (non-hydrogen) atoms. The third-order valence-electron chi connectivity index (χ3n) is 3.09. The number of piperidine rings is 1. The van der Waals surface area contributed by atoms with E-state index in [-0.39, 0.29) is 47.7 Å². The Hall–Kier alpha value is -0.720. The Morgan fingerprint density at radius 2 is 2.14 bits per heavy atom. The van der Waals surface area contributed by atoms with Gasteiger partial charge in [-0.3, -0.25) is 14.0 Å². The summed E-state index contributed by atoms with van der Waals surface area (Å²) in [6.07, 6.45) is 5.51. The van der Waals surface area contributed by atoms with Gasteiger partial charge in [0.15, 0.2) is 6.03 Å². The van der Waals surface area contributed by atoms with Crippen LogP contribution >= 0.6 is 0 Å². The van der Waals surface area contributed by atoms with E-state index in [1.165, 1.54) is 0 Å². The topological polar surface area (TPSA) is 143 Å². The normalized spacial score (nSPS) is 23.7. The maximum Gasteiger partial charge on any atom is 1.00 e. The van der Waals surface area contributed by atoms with Crippen LogP contribution in [0.1, 0.15) is 12.8 Å². The standard InChI is InChI=1S/C9H13N5O.Na.H2O4S/c15-9-11-7-1-2-8(14(9)5-7)6-13-4-3-10-12-13;;1-5(2,3)4/h3-4,7-8H,1-2,5-6H2,(H,11,15);;(H2,1,2,3,4)/q;+1;/p-2/t7-,8+;;/m1../s1. The molecule has 0 radical (unpaired) electrons. The van der Waals surface area contributed by atoms with Crippen molar-refractivity contribution in [2.45, 2.75) is 31.5 Å². The number of aromatic nitrogens is 3. The SMILES string of the molecule is O=C1[N-][C@@H]2CC[C@@H](Cn3ccnn3)N1C2.O=S(=O)([O-])O.[Na+]. The summed E-state index contributed by atoms with van der Waals surface area (Å²) in [4.78, 5) is 13.4. The Kier molecular flexibility index (Phi) is 6.56. The molecule has 1 aromatic heterocycles. The van der Waals surface area contributed by atoms with Crippen molar-refractivity contribution in [1.82, 2.24) is 19.9 Å². The van der Waals surface area contributed by atoms with E-state index in [1.807, 2.05) is 11.1 Å². The molecule has 0 unspecified atom stereocenters. The molecule has 3 rings (SSSR count). The van der Waals surface area contributed by atoms with Crippen molar-refractivity contribution in [3.05, 3.63) is 17.7 Å². The van der Waals surface area contributed by atoms with Crippen LogP contribution in [0, 0.1) is 0 Å². The summed E-state index contributed by atoms with van der Waals surface area (Å²) in [5.41, 5.74) is 0. The molecule has 1 aromatic rings. The zero-order valence-electron chi connectivity index (χ0n) is 11.4. The van der Waals surface area contributed by atoms with Crippen molar-refractivity contribution in [2.75, 3.05) is 6.54 Å². The van der Waals surface area contributed by atoms with Crippen molar-refractivity contribution in [3.63, 3.8) is 0 Å². The second-order valence-electron chi connectivity index (χ2n) is 4.50. The number of hydrogen-bond donors (Lipinski definition) is 1. The Labute approximate surface area is 143 Å². The first kappa shape index (κ1) is 18.3. The molecule has 12 heteroatoms. The van der Waals surface area contributed by atoms with E-state index in [9.17, 15) is 4.79 Å². The van der Waals surface area contributed by atoms with Gasteiger partial charge in [-0.25, -0.2) is 8.42 Å². The van der Waals surface area contributed by atoms with Gasteiger partial charge in [0.05, 0.1) is 6.20 Å². The van der Waals surface area contributed by atoms with E-state index in [0.717, 1.165) is 25.9 Å². The second-order valence-corrected chi connectivity index (χ2v) is 5.36. The predicted molar refractivity (Wildman–Crippen MR) is 64.6 cm³/mol. The van der Waals surface area contributed by atoms with Crippen molar-refractivity contribution in [2.24, 2.45) is 0 Å². The average Bonchev–Trinajstić information content (AvgIpc) is 2.90. The minimum atomic E-state index is -4.92. The third kappa shape index (κ3) is 5.88. The number of fused-ring (bicyclic) bond motifs is 2. The van der Waals surface area contributed by atoms with Crippen LogP contribution in [0.5, 0.6) is 0 Å². The molecule has 2 amide bonds. The number of carbonyl (C=O) groups is 1. The summed E-state index contributed by atoms with van der Waals surface area (Å²) in [5, 5.41) is 11.7. The number of rotatable bonds is 2. The molecule has 2 fully saturated rings. The zero-order chi connectivity index (χ0) is 14.8. The summed E-state index contributed by atoms with van der Waals surface area (Å²) >= 11 is 0. The van der Waals surface area contributed by atoms with Crippen LogP contribution in [0.2, 0.25) is 0 Å². The van der Waals surface area contributed by atoms with E-state index < -0.39 is 10.4 Å². The first-order chi connectivity index (χ1) is 9.33. The van der Waals surface area contributed by atoms with Gasteiger partial charge < -0.3 is 14.8 Å². The van der Waals surface area contributed by atoms with Crippen LogP contribution in [0.25, 0.3) is 5.32 Å². The molecule has 2 aliphatic rings. The first-order valence-corrected chi connectivity index (χ1v) is 7.23. The van der Waals surface area contributed by atoms with Crippen LogP contribution in [0.3, 0.4) is 0 Å². The van der Waals surface area contributed by atoms with Crippen LogP contribution in [0.4, 0.5) is 4.79 Å². The minimum Gasteiger partial charge on any atom is -0.726 e. The van der Waals surface area contributed by atoms with Crippen molar-refractivity contribution < 1.29 is 51.9 Å². The molecule has 10 nitrogen and oxygen atoms in total. The number of carbonyl (C=O) groups excluding carboxylic acids is 1. The summed E-state index contributed by atoms with van der Waals surface area (Å²) in [6.45, 7) is 1.52. The number of hydrogen-bond acceptors (Lipinski definition) is 6. The molecule has 2 saturated heterocycles. The number of urea groups is 1. The molecule has 1 N–H and O–H groups in total. The van der Waals surface area contributed by atoms with Crippen molar-refractivity contribution >= 4 is 16.4 Å². The summed E-state index contributed by atoms with van der Waals surface area (Å²) in [7, 11) is -4.92. The fourth-order valence-corrected chi connectivity index (χ4v) is 2.31. The van der Waals surface area contributed by atoms with Gasteiger partial charge in [0, 0.05) is 12.7 Å². The van der Waals surface area contributed by atoms with Gasteiger partial charge in [-0.1, -0.05) is 11.6 Å². The van der Waals surface area contributed by atoms with Gasteiger partial charge >= 0.3 is 29.6 Å². The smallest absolute Gasteiger partial charge is 0.726 e. The molecule has 0 aromatic carbocycles. The Bertz CT molecular complexity index is 557. The van der Waals surface area contributed by atoms with Crippen molar-refractivity contribution in [1.29, 1.82) is 0 Å².